The van der Waals surface area contributed by atoms with E-state index in [0.29, 0.717) is 37.0 Å². The van der Waals surface area contributed by atoms with Crippen molar-refractivity contribution in [3.05, 3.63) is 53.8 Å². The highest BCUT2D eigenvalue weighted by atomic mass is 32.2. The molecule has 132 valence electrons. The van der Waals surface area contributed by atoms with Gasteiger partial charge in [0.2, 0.25) is 5.91 Å². The van der Waals surface area contributed by atoms with Crippen LogP contribution in [0.2, 0.25) is 0 Å². The lowest BCUT2D eigenvalue weighted by Crippen LogP contribution is -2.52. The molecule has 0 bridgehead atoms. The van der Waals surface area contributed by atoms with Crippen LogP contribution in [0.3, 0.4) is 0 Å². The van der Waals surface area contributed by atoms with Gasteiger partial charge in [0.15, 0.2) is 12.0 Å². The predicted octanol–water partition coefficient (Wildman–Crippen LogP) is 1.38. The summed E-state index contributed by atoms with van der Waals surface area (Å²) < 4.78 is 5.89. The lowest BCUT2D eigenvalue weighted by molar-refractivity contribution is -0.645. The van der Waals surface area contributed by atoms with Gasteiger partial charge < -0.3 is 19.4 Å². The molecule has 0 radical (unpaired) electrons. The number of nitrogens with zero attached hydrogens (tertiary/aromatic N) is 3. The molecule has 1 fully saturated rings. The third-order valence-corrected chi connectivity index (χ3v) is 5.16. The highest BCUT2D eigenvalue weighted by Crippen LogP contribution is 2.22. The summed E-state index contributed by atoms with van der Waals surface area (Å²) in [5, 5.41) is 11.8. The number of hydrogen-bond donors (Lipinski definition) is 0. The summed E-state index contributed by atoms with van der Waals surface area (Å²) in [6.45, 7) is 3.68. The van der Waals surface area contributed by atoms with Crippen LogP contribution in [0.15, 0.2) is 52.2 Å². The Balaban J connectivity index is 1.54. The van der Waals surface area contributed by atoms with Gasteiger partial charge in [-0.1, -0.05) is 0 Å². The van der Waals surface area contributed by atoms with E-state index in [9.17, 15) is 14.8 Å². The third kappa shape index (κ3) is 3.96. The van der Waals surface area contributed by atoms with Gasteiger partial charge in [-0.2, -0.15) is 4.73 Å². The fourth-order valence-electron chi connectivity index (χ4n) is 2.68. The van der Waals surface area contributed by atoms with Crippen LogP contribution in [0.25, 0.3) is 0 Å². The van der Waals surface area contributed by atoms with Crippen LogP contribution in [-0.2, 0) is 4.79 Å². The Morgan fingerprint density at radius 1 is 1.16 bits per heavy atom. The topological polar surface area (TPSA) is 80.7 Å². The van der Waals surface area contributed by atoms with Gasteiger partial charge in [0, 0.05) is 38.3 Å². The first kappa shape index (κ1) is 17.3. The van der Waals surface area contributed by atoms with E-state index in [-0.39, 0.29) is 17.1 Å². The largest absolute Gasteiger partial charge is 0.618 e. The SMILES string of the molecule is C[C@@H](Sc1cccc[n+]1[O-])C(=O)N1CCN(C(=O)c2ccco2)CC1. The molecule has 25 heavy (non-hydrogen) atoms. The number of amides is 2. The minimum Gasteiger partial charge on any atom is -0.618 e. The number of pyridine rings is 1. The second-order valence-corrected chi connectivity index (χ2v) is 7.08. The fraction of sp³-hybridized carbons (Fsp3) is 0.353. The van der Waals surface area contributed by atoms with Crippen LogP contribution in [-0.4, -0.2) is 53.0 Å². The molecule has 8 heteroatoms. The van der Waals surface area contributed by atoms with Gasteiger partial charge in [0.1, 0.15) is 0 Å². The molecule has 1 aliphatic heterocycles. The highest BCUT2D eigenvalue weighted by molar-refractivity contribution is 8.00. The molecule has 0 saturated carbocycles. The number of furan rings is 1. The van der Waals surface area contributed by atoms with Crippen molar-refractivity contribution in [3.8, 4) is 0 Å². The summed E-state index contributed by atoms with van der Waals surface area (Å²) in [5.41, 5.74) is 0. The Hall–Kier alpha value is -2.48. The molecule has 0 spiro atoms. The Labute approximate surface area is 149 Å². The van der Waals surface area contributed by atoms with Gasteiger partial charge in [0.05, 0.1) is 11.5 Å². The van der Waals surface area contributed by atoms with E-state index in [1.165, 1.54) is 24.2 Å². The van der Waals surface area contributed by atoms with Crippen LogP contribution >= 0.6 is 11.8 Å². The van der Waals surface area contributed by atoms with Gasteiger partial charge in [0.25, 0.3) is 10.9 Å². The van der Waals surface area contributed by atoms with Crippen molar-refractivity contribution in [2.75, 3.05) is 26.2 Å². The zero-order valence-corrected chi connectivity index (χ0v) is 14.6. The number of piperazine rings is 1. The van der Waals surface area contributed by atoms with E-state index < -0.39 is 0 Å². The highest BCUT2D eigenvalue weighted by Gasteiger charge is 2.29. The van der Waals surface area contributed by atoms with Crippen LogP contribution in [0.4, 0.5) is 0 Å². The summed E-state index contributed by atoms with van der Waals surface area (Å²) >= 11 is 1.24. The first-order valence-electron chi connectivity index (χ1n) is 8.02. The van der Waals surface area contributed by atoms with E-state index in [1.807, 2.05) is 0 Å². The van der Waals surface area contributed by atoms with Crippen LogP contribution in [0.1, 0.15) is 17.5 Å². The Kier molecular flexibility index (Phi) is 5.28. The summed E-state index contributed by atoms with van der Waals surface area (Å²) in [4.78, 5) is 28.2. The molecule has 1 aliphatic rings. The standard InChI is InChI=1S/C17H19N3O4S/c1-13(25-15-6-2-3-7-20(15)23)16(21)18-8-10-19(11-9-18)17(22)14-5-4-12-24-14/h2-7,12-13H,8-11H2,1H3/t13-/m1/s1. The van der Waals surface area contributed by atoms with Crippen molar-refractivity contribution in [2.45, 2.75) is 17.2 Å². The second kappa shape index (κ2) is 7.60. The van der Waals surface area contributed by atoms with Crippen molar-refractivity contribution >= 4 is 23.6 Å². The lowest BCUT2D eigenvalue weighted by Gasteiger charge is -2.35. The number of hydrogen-bond acceptors (Lipinski definition) is 5. The van der Waals surface area contributed by atoms with E-state index in [1.54, 1.807) is 47.1 Å². The maximum Gasteiger partial charge on any atom is 0.289 e. The average molecular weight is 361 g/mol. The molecule has 0 N–H and O–H groups in total. The Morgan fingerprint density at radius 2 is 1.88 bits per heavy atom. The minimum absolute atomic E-state index is 0.0287. The second-order valence-electron chi connectivity index (χ2n) is 5.72. The molecule has 1 atom stereocenters. The van der Waals surface area contributed by atoms with Gasteiger partial charge in [-0.15, -0.1) is 0 Å². The minimum atomic E-state index is -0.366. The van der Waals surface area contributed by atoms with Crippen molar-refractivity contribution in [1.82, 2.24) is 9.80 Å². The van der Waals surface area contributed by atoms with Crippen molar-refractivity contribution < 1.29 is 18.7 Å². The summed E-state index contributed by atoms with van der Waals surface area (Å²) in [5.74, 6) is 0.128. The Morgan fingerprint density at radius 3 is 2.52 bits per heavy atom. The molecule has 3 heterocycles. The summed E-state index contributed by atoms with van der Waals surface area (Å²) in [7, 11) is 0. The van der Waals surface area contributed by atoms with Crippen molar-refractivity contribution in [1.29, 1.82) is 0 Å². The molecule has 2 aromatic heterocycles. The number of thioether (sulfide) groups is 1. The number of rotatable bonds is 4. The maximum atomic E-state index is 12.6. The average Bonchev–Trinajstić information content (AvgIpc) is 3.17. The molecular formula is C17H19N3O4S. The molecule has 2 amide bonds. The molecule has 0 aromatic carbocycles. The summed E-state index contributed by atoms with van der Waals surface area (Å²) in [6.07, 6.45) is 2.89. The van der Waals surface area contributed by atoms with Crippen LogP contribution in [0.5, 0.6) is 0 Å². The van der Waals surface area contributed by atoms with Crippen LogP contribution in [0, 0.1) is 5.21 Å². The van der Waals surface area contributed by atoms with E-state index in [4.69, 9.17) is 4.42 Å². The quantitative estimate of drug-likeness (QED) is 0.467. The molecule has 2 aromatic rings. The summed E-state index contributed by atoms with van der Waals surface area (Å²) in [6, 6.07) is 8.43. The normalized spacial score (nSPS) is 15.9. The van der Waals surface area contributed by atoms with Crippen molar-refractivity contribution in [3.63, 3.8) is 0 Å². The number of aromatic nitrogens is 1. The van der Waals surface area contributed by atoms with Gasteiger partial charge >= 0.3 is 0 Å². The fourth-order valence-corrected chi connectivity index (χ4v) is 3.61. The monoisotopic (exact) mass is 361 g/mol. The number of carbonyl (C=O) groups excluding carboxylic acids is 2. The van der Waals surface area contributed by atoms with Gasteiger partial charge in [-0.3, -0.25) is 9.59 Å². The smallest absolute Gasteiger partial charge is 0.289 e. The lowest BCUT2D eigenvalue weighted by atomic mass is 10.2. The van der Waals surface area contributed by atoms with E-state index in [0.717, 1.165) is 4.73 Å². The first-order chi connectivity index (χ1) is 12.1. The predicted molar refractivity (Wildman–Crippen MR) is 91.9 cm³/mol. The molecule has 7 nitrogen and oxygen atoms in total. The van der Waals surface area contributed by atoms with Crippen LogP contribution < -0.4 is 4.73 Å². The zero-order chi connectivity index (χ0) is 17.8. The first-order valence-corrected chi connectivity index (χ1v) is 8.90. The molecule has 1 saturated heterocycles. The zero-order valence-electron chi connectivity index (χ0n) is 13.8. The van der Waals surface area contributed by atoms with Gasteiger partial charge in [-0.25, -0.2) is 0 Å². The number of carbonyl (C=O) groups is 2. The Bertz CT molecular complexity index is 742. The molecule has 3 rings (SSSR count). The molecule has 0 aliphatic carbocycles. The van der Waals surface area contributed by atoms with Gasteiger partial charge in [-0.05, 0) is 36.9 Å². The van der Waals surface area contributed by atoms with E-state index in [2.05, 4.69) is 0 Å². The maximum absolute atomic E-state index is 12.6. The molecule has 0 unspecified atom stereocenters. The third-order valence-electron chi connectivity index (χ3n) is 4.04. The molecular weight excluding hydrogens is 342 g/mol. The van der Waals surface area contributed by atoms with E-state index >= 15 is 0 Å². The van der Waals surface area contributed by atoms with Crippen molar-refractivity contribution in [2.24, 2.45) is 0 Å².